The topological polar surface area (TPSA) is 32.3 Å². The molecular weight excluding hydrogens is 300 g/mol. The molecule has 1 aliphatic rings. The minimum absolute atomic E-state index is 0.141. The number of nitrogens with one attached hydrogen (secondary N) is 1. The number of nitrogens with zero attached hydrogens (tertiary/aromatic N) is 1. The Balaban J connectivity index is 1.95. The minimum Gasteiger partial charge on any atom is -0.341 e. The zero-order chi connectivity index (χ0) is 12.4. The lowest BCUT2D eigenvalue weighted by Gasteiger charge is -2.22. The van der Waals surface area contributed by atoms with E-state index in [4.69, 9.17) is 0 Å². The normalized spacial score (nSPS) is 23.9. The number of carbonyl (C=O) groups excluding carboxylic acids is 1. The van der Waals surface area contributed by atoms with E-state index in [0.29, 0.717) is 12.6 Å². The monoisotopic (exact) mass is 316 g/mol. The fourth-order valence-corrected chi connectivity index (χ4v) is 3.46. The average Bonchev–Trinajstić information content (AvgIpc) is 2.86. The number of hydrogen-bond acceptors (Lipinski definition) is 3. The third kappa shape index (κ3) is 3.09. The molecule has 0 bridgehead atoms. The zero-order valence-electron chi connectivity index (χ0n) is 10.1. The van der Waals surface area contributed by atoms with Gasteiger partial charge in [0.25, 0.3) is 0 Å². The summed E-state index contributed by atoms with van der Waals surface area (Å²) in [5, 5.41) is 5.41. The first-order valence-corrected chi connectivity index (χ1v) is 7.46. The number of thiophene rings is 1. The molecule has 2 rings (SSSR count). The van der Waals surface area contributed by atoms with Crippen LogP contribution in [0, 0.1) is 5.92 Å². The number of hydrogen-bond donors (Lipinski definition) is 1. The van der Waals surface area contributed by atoms with Crippen LogP contribution < -0.4 is 5.32 Å². The van der Waals surface area contributed by atoms with E-state index in [9.17, 15) is 4.79 Å². The van der Waals surface area contributed by atoms with Crippen LogP contribution >= 0.6 is 27.3 Å². The van der Waals surface area contributed by atoms with Crippen molar-refractivity contribution in [1.29, 1.82) is 0 Å². The van der Waals surface area contributed by atoms with Crippen LogP contribution in [0.2, 0.25) is 0 Å². The Morgan fingerprint density at radius 3 is 3.00 bits per heavy atom. The van der Waals surface area contributed by atoms with Crippen LogP contribution in [0.25, 0.3) is 0 Å². The Bertz CT molecular complexity index is 407. The lowest BCUT2D eigenvalue weighted by atomic mass is 10.0. The summed E-state index contributed by atoms with van der Waals surface area (Å²) in [6.45, 7) is 3.74. The van der Waals surface area contributed by atoms with Gasteiger partial charge in [-0.05, 0) is 52.8 Å². The predicted molar refractivity (Wildman–Crippen MR) is 74.1 cm³/mol. The van der Waals surface area contributed by atoms with Crippen LogP contribution in [-0.2, 0) is 11.3 Å². The molecule has 2 atom stereocenters. The molecule has 1 fully saturated rings. The van der Waals surface area contributed by atoms with Crippen molar-refractivity contribution < 1.29 is 4.79 Å². The van der Waals surface area contributed by atoms with E-state index in [1.807, 2.05) is 11.9 Å². The van der Waals surface area contributed by atoms with Gasteiger partial charge in [0.05, 0.1) is 9.70 Å². The fourth-order valence-electron chi connectivity index (χ4n) is 2.26. The van der Waals surface area contributed by atoms with Crippen molar-refractivity contribution in [3.63, 3.8) is 0 Å². The van der Waals surface area contributed by atoms with Gasteiger partial charge in [0.1, 0.15) is 0 Å². The van der Waals surface area contributed by atoms with E-state index in [1.165, 1.54) is 5.56 Å². The summed E-state index contributed by atoms with van der Waals surface area (Å²) < 4.78 is 1.12. The van der Waals surface area contributed by atoms with Crippen molar-refractivity contribution in [2.24, 2.45) is 5.92 Å². The summed E-state index contributed by atoms with van der Waals surface area (Å²) >= 11 is 5.10. The molecule has 0 aromatic carbocycles. The molecule has 3 nitrogen and oxygen atoms in total. The summed E-state index contributed by atoms with van der Waals surface area (Å²) in [6, 6.07) is 2.38. The Morgan fingerprint density at radius 2 is 2.47 bits per heavy atom. The first-order valence-electron chi connectivity index (χ1n) is 5.79. The highest BCUT2D eigenvalue weighted by Gasteiger charge is 2.31. The molecule has 1 aliphatic heterocycles. The maximum absolute atomic E-state index is 12.2. The second kappa shape index (κ2) is 5.50. The van der Waals surface area contributed by atoms with E-state index < -0.39 is 0 Å². The van der Waals surface area contributed by atoms with Crippen molar-refractivity contribution >= 4 is 33.2 Å². The molecule has 0 radical (unpaired) electrons. The molecule has 1 saturated heterocycles. The minimum atomic E-state index is 0.141. The first-order chi connectivity index (χ1) is 8.08. The molecular formula is C12H17BrN2OS. The van der Waals surface area contributed by atoms with E-state index in [-0.39, 0.29) is 11.8 Å². The Hall–Kier alpha value is -0.390. The van der Waals surface area contributed by atoms with Crippen LogP contribution in [0.4, 0.5) is 0 Å². The van der Waals surface area contributed by atoms with E-state index in [1.54, 1.807) is 11.3 Å². The van der Waals surface area contributed by atoms with Gasteiger partial charge in [0.2, 0.25) is 5.91 Å². The molecule has 94 valence electrons. The van der Waals surface area contributed by atoms with Gasteiger partial charge in [-0.1, -0.05) is 0 Å². The van der Waals surface area contributed by atoms with Gasteiger partial charge in [-0.25, -0.2) is 0 Å². The zero-order valence-corrected chi connectivity index (χ0v) is 12.5. The van der Waals surface area contributed by atoms with Crippen LogP contribution in [0.15, 0.2) is 15.2 Å². The smallest absolute Gasteiger partial charge is 0.227 e. The lowest BCUT2D eigenvalue weighted by Crippen LogP contribution is -2.37. The summed E-state index contributed by atoms with van der Waals surface area (Å²) in [7, 11) is 1.89. The third-order valence-electron chi connectivity index (χ3n) is 3.26. The summed E-state index contributed by atoms with van der Waals surface area (Å²) in [5.74, 6) is 0.395. The lowest BCUT2D eigenvalue weighted by molar-refractivity contribution is -0.134. The Kier molecular flexibility index (Phi) is 4.22. The number of rotatable bonds is 3. The van der Waals surface area contributed by atoms with Crippen LogP contribution in [0.1, 0.15) is 18.9 Å². The second-order valence-electron chi connectivity index (χ2n) is 4.59. The second-order valence-corrected chi connectivity index (χ2v) is 6.88. The van der Waals surface area contributed by atoms with Gasteiger partial charge in [0, 0.05) is 19.6 Å². The highest BCUT2D eigenvalue weighted by molar-refractivity contribution is 9.11. The SMILES string of the molecule is CC1NCCC1C(=O)N(C)Cc1csc(Br)c1. The van der Waals surface area contributed by atoms with Crippen LogP contribution in [0.5, 0.6) is 0 Å². The molecule has 1 amide bonds. The molecule has 1 aromatic rings. The molecule has 2 unspecified atom stereocenters. The van der Waals surface area contributed by atoms with Crippen molar-refractivity contribution in [1.82, 2.24) is 10.2 Å². The number of amides is 1. The molecule has 0 aliphatic carbocycles. The summed E-state index contributed by atoms with van der Waals surface area (Å²) in [6.07, 6.45) is 0.956. The van der Waals surface area contributed by atoms with Gasteiger partial charge in [-0.15, -0.1) is 11.3 Å². The van der Waals surface area contributed by atoms with E-state index in [2.05, 4.69) is 39.6 Å². The maximum Gasteiger partial charge on any atom is 0.227 e. The molecule has 5 heteroatoms. The molecule has 17 heavy (non-hydrogen) atoms. The largest absolute Gasteiger partial charge is 0.341 e. The molecule has 1 aromatic heterocycles. The van der Waals surface area contributed by atoms with Gasteiger partial charge in [-0.2, -0.15) is 0 Å². The number of halogens is 1. The van der Waals surface area contributed by atoms with Crippen LogP contribution in [-0.4, -0.2) is 30.4 Å². The van der Waals surface area contributed by atoms with Crippen molar-refractivity contribution in [2.45, 2.75) is 25.9 Å². The third-order valence-corrected chi connectivity index (χ3v) is 4.81. The quantitative estimate of drug-likeness (QED) is 0.929. The van der Waals surface area contributed by atoms with Crippen molar-refractivity contribution in [2.75, 3.05) is 13.6 Å². The first kappa shape index (κ1) is 13.1. The van der Waals surface area contributed by atoms with Crippen molar-refractivity contribution in [3.8, 4) is 0 Å². The summed E-state index contributed by atoms with van der Waals surface area (Å²) in [4.78, 5) is 14.1. The Morgan fingerprint density at radius 1 is 1.71 bits per heavy atom. The highest BCUT2D eigenvalue weighted by atomic mass is 79.9. The maximum atomic E-state index is 12.2. The van der Waals surface area contributed by atoms with Gasteiger partial charge in [0.15, 0.2) is 0 Å². The van der Waals surface area contributed by atoms with Crippen molar-refractivity contribution in [3.05, 3.63) is 20.8 Å². The van der Waals surface area contributed by atoms with E-state index in [0.717, 1.165) is 16.8 Å². The average molecular weight is 317 g/mol. The predicted octanol–water partition coefficient (Wildman–Crippen LogP) is 2.47. The van der Waals surface area contributed by atoms with Gasteiger partial charge in [-0.3, -0.25) is 4.79 Å². The highest BCUT2D eigenvalue weighted by Crippen LogP contribution is 2.23. The summed E-state index contributed by atoms with van der Waals surface area (Å²) in [5.41, 5.74) is 1.19. The van der Waals surface area contributed by atoms with Gasteiger partial charge < -0.3 is 10.2 Å². The fraction of sp³-hybridized carbons (Fsp3) is 0.583. The van der Waals surface area contributed by atoms with Gasteiger partial charge >= 0.3 is 0 Å². The molecule has 0 spiro atoms. The molecule has 0 saturated carbocycles. The Labute approximate surface area is 114 Å². The van der Waals surface area contributed by atoms with E-state index >= 15 is 0 Å². The molecule has 2 heterocycles. The standard InChI is InChI=1S/C12H17BrN2OS/c1-8-10(3-4-14-8)12(16)15(2)6-9-5-11(13)17-7-9/h5,7-8,10,14H,3-4,6H2,1-2H3. The number of carbonyl (C=O) groups is 1. The molecule has 1 N–H and O–H groups in total. The van der Waals surface area contributed by atoms with Crippen LogP contribution in [0.3, 0.4) is 0 Å².